The SMILES string of the molecule is CN(C)c1c(Br)cccc1C(=O)O. The second-order valence-electron chi connectivity index (χ2n) is 2.84. The van der Waals surface area contributed by atoms with E-state index in [0.29, 0.717) is 11.3 Å². The fraction of sp³-hybridized carbons (Fsp3) is 0.222. The van der Waals surface area contributed by atoms with Crippen molar-refractivity contribution in [1.29, 1.82) is 0 Å². The van der Waals surface area contributed by atoms with E-state index in [1.165, 1.54) is 0 Å². The third-order valence-electron chi connectivity index (χ3n) is 1.66. The summed E-state index contributed by atoms with van der Waals surface area (Å²) in [5.41, 5.74) is 0.995. The number of anilines is 1. The van der Waals surface area contributed by atoms with Gasteiger partial charge in [-0.3, -0.25) is 0 Å². The summed E-state index contributed by atoms with van der Waals surface area (Å²) in [6.07, 6.45) is 0. The molecular weight excluding hydrogens is 234 g/mol. The van der Waals surface area contributed by atoms with Gasteiger partial charge in [0.25, 0.3) is 0 Å². The van der Waals surface area contributed by atoms with Gasteiger partial charge in [0.1, 0.15) is 0 Å². The highest BCUT2D eigenvalue weighted by atomic mass is 79.9. The van der Waals surface area contributed by atoms with Crippen LogP contribution in [0.5, 0.6) is 0 Å². The highest BCUT2D eigenvalue weighted by molar-refractivity contribution is 9.10. The molecule has 0 aliphatic rings. The summed E-state index contributed by atoms with van der Waals surface area (Å²) in [6, 6.07) is 5.12. The van der Waals surface area contributed by atoms with E-state index in [1.54, 1.807) is 17.0 Å². The Balaban J connectivity index is 3.34. The van der Waals surface area contributed by atoms with Crippen molar-refractivity contribution in [3.8, 4) is 0 Å². The Labute approximate surface area is 85.1 Å². The lowest BCUT2D eigenvalue weighted by Gasteiger charge is -2.16. The quantitative estimate of drug-likeness (QED) is 0.867. The Hall–Kier alpha value is -1.03. The molecule has 0 radical (unpaired) electrons. The third kappa shape index (κ3) is 2.01. The minimum Gasteiger partial charge on any atom is -0.478 e. The zero-order chi connectivity index (χ0) is 10.0. The van der Waals surface area contributed by atoms with E-state index in [-0.39, 0.29) is 0 Å². The van der Waals surface area contributed by atoms with Crippen LogP contribution < -0.4 is 4.90 Å². The van der Waals surface area contributed by atoms with Crippen molar-refractivity contribution in [2.45, 2.75) is 0 Å². The number of carboxylic acid groups (broad SMARTS) is 1. The van der Waals surface area contributed by atoms with Crippen LogP contribution in [-0.2, 0) is 0 Å². The molecule has 1 aromatic rings. The smallest absolute Gasteiger partial charge is 0.337 e. The van der Waals surface area contributed by atoms with Crippen molar-refractivity contribution >= 4 is 27.6 Å². The predicted molar refractivity (Wildman–Crippen MR) is 55.4 cm³/mol. The number of rotatable bonds is 2. The molecule has 0 saturated carbocycles. The standard InChI is InChI=1S/C9H10BrNO2/c1-11(2)8-6(9(12)13)4-3-5-7(8)10/h3-5H,1-2H3,(H,12,13). The number of carbonyl (C=O) groups is 1. The average Bonchev–Trinajstić information content (AvgIpc) is 2.02. The molecule has 0 saturated heterocycles. The van der Waals surface area contributed by atoms with Gasteiger partial charge in [-0.05, 0) is 28.1 Å². The van der Waals surface area contributed by atoms with Crippen LogP contribution in [-0.4, -0.2) is 25.2 Å². The molecule has 1 aromatic carbocycles. The third-order valence-corrected chi connectivity index (χ3v) is 2.30. The van der Waals surface area contributed by atoms with Gasteiger partial charge in [-0.15, -0.1) is 0 Å². The van der Waals surface area contributed by atoms with E-state index < -0.39 is 5.97 Å². The monoisotopic (exact) mass is 243 g/mol. The Bertz CT molecular complexity index is 336. The Morgan fingerprint density at radius 3 is 2.46 bits per heavy atom. The molecule has 0 atom stereocenters. The molecule has 0 heterocycles. The molecule has 4 heteroatoms. The lowest BCUT2D eigenvalue weighted by atomic mass is 10.1. The first kappa shape index (κ1) is 10.1. The van der Waals surface area contributed by atoms with Gasteiger partial charge in [0.2, 0.25) is 0 Å². The van der Waals surface area contributed by atoms with Crippen LogP contribution in [0.2, 0.25) is 0 Å². The van der Waals surface area contributed by atoms with Crippen LogP contribution >= 0.6 is 15.9 Å². The van der Waals surface area contributed by atoms with E-state index in [4.69, 9.17) is 5.11 Å². The zero-order valence-corrected chi connectivity index (χ0v) is 9.00. The fourth-order valence-corrected chi connectivity index (χ4v) is 1.86. The maximum atomic E-state index is 10.8. The molecule has 0 aliphatic heterocycles. The first-order chi connectivity index (χ1) is 6.04. The molecule has 0 amide bonds. The van der Waals surface area contributed by atoms with Crippen molar-refractivity contribution < 1.29 is 9.90 Å². The number of halogens is 1. The first-order valence-corrected chi connectivity index (χ1v) is 4.52. The highest BCUT2D eigenvalue weighted by Gasteiger charge is 2.13. The molecule has 1 N–H and O–H groups in total. The maximum absolute atomic E-state index is 10.8. The van der Waals surface area contributed by atoms with Crippen molar-refractivity contribution in [1.82, 2.24) is 0 Å². The van der Waals surface area contributed by atoms with Crippen molar-refractivity contribution in [2.75, 3.05) is 19.0 Å². The molecule has 3 nitrogen and oxygen atoms in total. The van der Waals surface area contributed by atoms with E-state index in [1.807, 2.05) is 20.2 Å². The molecule has 0 spiro atoms. The van der Waals surface area contributed by atoms with E-state index in [0.717, 1.165) is 4.47 Å². The maximum Gasteiger partial charge on any atom is 0.337 e. The Morgan fingerprint density at radius 2 is 2.08 bits per heavy atom. The summed E-state index contributed by atoms with van der Waals surface area (Å²) >= 11 is 3.31. The number of para-hydroxylation sites is 1. The van der Waals surface area contributed by atoms with Crippen LogP contribution in [0.15, 0.2) is 22.7 Å². The number of carboxylic acids is 1. The molecule has 1 rings (SSSR count). The summed E-state index contributed by atoms with van der Waals surface area (Å²) < 4.78 is 0.789. The minimum absolute atomic E-state index is 0.305. The summed E-state index contributed by atoms with van der Waals surface area (Å²) in [7, 11) is 3.62. The van der Waals surface area contributed by atoms with Crippen LogP contribution in [0.1, 0.15) is 10.4 Å². The Morgan fingerprint density at radius 1 is 1.46 bits per heavy atom. The van der Waals surface area contributed by atoms with Crippen LogP contribution in [0.25, 0.3) is 0 Å². The zero-order valence-electron chi connectivity index (χ0n) is 7.41. The molecular formula is C9H10BrNO2. The number of benzene rings is 1. The molecule has 0 unspecified atom stereocenters. The van der Waals surface area contributed by atoms with Crippen LogP contribution in [0, 0.1) is 0 Å². The second kappa shape index (κ2) is 3.79. The molecule has 0 fully saturated rings. The summed E-state index contributed by atoms with van der Waals surface area (Å²) in [5, 5.41) is 8.89. The molecule has 13 heavy (non-hydrogen) atoms. The first-order valence-electron chi connectivity index (χ1n) is 3.73. The average molecular weight is 244 g/mol. The lowest BCUT2D eigenvalue weighted by Crippen LogP contribution is -2.14. The van der Waals surface area contributed by atoms with Crippen molar-refractivity contribution in [2.24, 2.45) is 0 Å². The minimum atomic E-state index is -0.912. The Kier molecular flexibility index (Phi) is 2.93. The molecule has 0 aliphatic carbocycles. The summed E-state index contributed by atoms with van der Waals surface area (Å²) in [6.45, 7) is 0. The van der Waals surface area contributed by atoms with Gasteiger partial charge in [-0.2, -0.15) is 0 Å². The largest absolute Gasteiger partial charge is 0.478 e. The van der Waals surface area contributed by atoms with Crippen molar-refractivity contribution in [3.63, 3.8) is 0 Å². The van der Waals surface area contributed by atoms with Crippen LogP contribution in [0.4, 0.5) is 5.69 Å². The topological polar surface area (TPSA) is 40.5 Å². The molecule has 0 bridgehead atoms. The fourth-order valence-electron chi connectivity index (χ4n) is 1.14. The number of aromatic carboxylic acids is 1. The van der Waals surface area contributed by atoms with Gasteiger partial charge < -0.3 is 10.0 Å². The van der Waals surface area contributed by atoms with E-state index in [9.17, 15) is 4.79 Å². The number of hydrogen-bond acceptors (Lipinski definition) is 2. The van der Waals surface area contributed by atoms with Gasteiger partial charge in [0.15, 0.2) is 0 Å². The van der Waals surface area contributed by atoms with Crippen molar-refractivity contribution in [3.05, 3.63) is 28.2 Å². The predicted octanol–water partition coefficient (Wildman–Crippen LogP) is 2.21. The van der Waals surface area contributed by atoms with Gasteiger partial charge >= 0.3 is 5.97 Å². The van der Waals surface area contributed by atoms with Gasteiger partial charge in [0.05, 0.1) is 11.3 Å². The summed E-state index contributed by atoms with van der Waals surface area (Å²) in [4.78, 5) is 12.6. The normalized spacial score (nSPS) is 9.77. The van der Waals surface area contributed by atoms with Gasteiger partial charge in [0, 0.05) is 18.6 Å². The molecule has 70 valence electrons. The van der Waals surface area contributed by atoms with E-state index in [2.05, 4.69) is 15.9 Å². The van der Waals surface area contributed by atoms with Crippen LogP contribution in [0.3, 0.4) is 0 Å². The van der Waals surface area contributed by atoms with Gasteiger partial charge in [-0.25, -0.2) is 4.79 Å². The number of hydrogen-bond donors (Lipinski definition) is 1. The summed E-state index contributed by atoms with van der Waals surface area (Å²) in [5.74, 6) is -0.912. The van der Waals surface area contributed by atoms with Gasteiger partial charge in [-0.1, -0.05) is 6.07 Å². The second-order valence-corrected chi connectivity index (χ2v) is 3.69. The number of nitrogens with zero attached hydrogens (tertiary/aromatic N) is 1. The highest BCUT2D eigenvalue weighted by Crippen LogP contribution is 2.28. The van der Waals surface area contributed by atoms with E-state index >= 15 is 0 Å². The molecule has 0 aromatic heterocycles. The lowest BCUT2D eigenvalue weighted by molar-refractivity contribution is 0.0697.